The Morgan fingerprint density at radius 1 is 1.50 bits per heavy atom. The van der Waals surface area contributed by atoms with Gasteiger partial charge in [0.15, 0.2) is 0 Å². The molecule has 2 rings (SSSR count). The van der Waals surface area contributed by atoms with Crippen LogP contribution in [0.5, 0.6) is 0 Å². The lowest BCUT2D eigenvalue weighted by Crippen LogP contribution is -2.32. The summed E-state index contributed by atoms with van der Waals surface area (Å²) in [6.07, 6.45) is 0.468. The van der Waals surface area contributed by atoms with Gasteiger partial charge < -0.3 is 10.0 Å². The van der Waals surface area contributed by atoms with Crippen LogP contribution in [0, 0.1) is 11.8 Å². The van der Waals surface area contributed by atoms with E-state index >= 15 is 0 Å². The molecular formula is C12H14ClNO3S. The summed E-state index contributed by atoms with van der Waals surface area (Å²) in [5.41, 5.74) is 0. The minimum atomic E-state index is -0.872. The maximum Gasteiger partial charge on any atom is 0.307 e. The van der Waals surface area contributed by atoms with Gasteiger partial charge in [0, 0.05) is 11.4 Å². The smallest absolute Gasteiger partial charge is 0.307 e. The second kappa shape index (κ2) is 5.28. The average molecular weight is 288 g/mol. The number of nitrogens with zero attached hydrogens (tertiary/aromatic N) is 1. The normalized spacial score (nSPS) is 21.7. The zero-order chi connectivity index (χ0) is 13.3. The Morgan fingerprint density at radius 3 is 2.67 bits per heavy atom. The SMILES string of the molecule is CCN(Cc1ccc(Cl)s1)C(=O)C1CC1C(=O)O. The van der Waals surface area contributed by atoms with E-state index in [0.717, 1.165) is 4.88 Å². The first-order valence-corrected chi connectivity index (χ1v) is 6.98. The van der Waals surface area contributed by atoms with Crippen LogP contribution in [0.3, 0.4) is 0 Å². The molecular weight excluding hydrogens is 274 g/mol. The highest BCUT2D eigenvalue weighted by molar-refractivity contribution is 7.16. The first-order chi connectivity index (χ1) is 8.52. The van der Waals surface area contributed by atoms with Crippen LogP contribution < -0.4 is 0 Å². The van der Waals surface area contributed by atoms with Crippen LogP contribution in [-0.2, 0) is 16.1 Å². The number of carboxylic acid groups (broad SMARTS) is 1. The summed E-state index contributed by atoms with van der Waals surface area (Å²) in [7, 11) is 0. The van der Waals surface area contributed by atoms with Crippen molar-refractivity contribution in [1.29, 1.82) is 0 Å². The van der Waals surface area contributed by atoms with Crippen LogP contribution in [0.15, 0.2) is 12.1 Å². The molecule has 1 aromatic heterocycles. The molecule has 18 heavy (non-hydrogen) atoms. The number of carbonyl (C=O) groups excluding carboxylic acids is 1. The second-order valence-corrected chi connectivity index (χ2v) is 6.14. The summed E-state index contributed by atoms with van der Waals surface area (Å²) < 4.78 is 0.698. The van der Waals surface area contributed by atoms with E-state index in [-0.39, 0.29) is 11.8 Å². The number of amides is 1. The molecule has 1 amide bonds. The Kier molecular flexibility index (Phi) is 3.92. The molecule has 6 heteroatoms. The van der Waals surface area contributed by atoms with Crippen molar-refractivity contribution < 1.29 is 14.7 Å². The van der Waals surface area contributed by atoms with Crippen LogP contribution in [0.4, 0.5) is 0 Å². The fraction of sp³-hybridized carbons (Fsp3) is 0.500. The second-order valence-electron chi connectivity index (χ2n) is 4.35. The van der Waals surface area contributed by atoms with E-state index in [2.05, 4.69) is 0 Å². The number of carboxylic acids is 1. The van der Waals surface area contributed by atoms with E-state index in [0.29, 0.717) is 23.8 Å². The molecule has 1 N–H and O–H groups in total. The number of thiophene rings is 1. The molecule has 1 heterocycles. The van der Waals surface area contributed by atoms with Gasteiger partial charge in [-0.2, -0.15) is 0 Å². The molecule has 98 valence electrons. The quantitative estimate of drug-likeness (QED) is 0.905. The largest absolute Gasteiger partial charge is 0.481 e. The van der Waals surface area contributed by atoms with E-state index in [9.17, 15) is 9.59 Å². The van der Waals surface area contributed by atoms with Crippen molar-refractivity contribution >= 4 is 34.8 Å². The molecule has 0 aliphatic heterocycles. The van der Waals surface area contributed by atoms with Gasteiger partial charge in [-0.15, -0.1) is 11.3 Å². The van der Waals surface area contributed by atoms with E-state index in [4.69, 9.17) is 16.7 Å². The Labute approximate surface area is 114 Å². The van der Waals surface area contributed by atoms with Crippen LogP contribution in [-0.4, -0.2) is 28.4 Å². The molecule has 0 saturated heterocycles. The van der Waals surface area contributed by atoms with Crippen molar-refractivity contribution in [2.75, 3.05) is 6.54 Å². The minimum Gasteiger partial charge on any atom is -0.481 e. The summed E-state index contributed by atoms with van der Waals surface area (Å²) in [6.45, 7) is 2.98. The van der Waals surface area contributed by atoms with Crippen LogP contribution in [0.25, 0.3) is 0 Å². The maximum atomic E-state index is 12.1. The lowest BCUT2D eigenvalue weighted by Gasteiger charge is -2.20. The van der Waals surface area contributed by atoms with Gasteiger partial charge in [0.25, 0.3) is 0 Å². The Morgan fingerprint density at radius 2 is 2.22 bits per heavy atom. The molecule has 0 spiro atoms. The standard InChI is InChI=1S/C12H14ClNO3S/c1-2-14(6-7-3-4-10(13)18-7)11(15)8-5-9(8)12(16)17/h3-4,8-9H,2,5-6H2,1H3,(H,16,17). The topological polar surface area (TPSA) is 57.6 Å². The van der Waals surface area contributed by atoms with Crippen LogP contribution in [0.2, 0.25) is 4.34 Å². The zero-order valence-electron chi connectivity index (χ0n) is 9.93. The summed E-state index contributed by atoms with van der Waals surface area (Å²) in [4.78, 5) is 25.6. The first-order valence-electron chi connectivity index (χ1n) is 5.78. The van der Waals surface area contributed by atoms with Crippen molar-refractivity contribution in [2.24, 2.45) is 11.8 Å². The molecule has 1 aliphatic carbocycles. The highest BCUT2D eigenvalue weighted by atomic mass is 35.5. The lowest BCUT2D eigenvalue weighted by molar-refractivity contribution is -0.142. The Balaban J connectivity index is 1.97. The van der Waals surface area contributed by atoms with Gasteiger partial charge in [0.05, 0.1) is 22.7 Å². The molecule has 1 aliphatic rings. The van der Waals surface area contributed by atoms with Crippen molar-refractivity contribution in [3.05, 3.63) is 21.3 Å². The maximum absolute atomic E-state index is 12.1. The van der Waals surface area contributed by atoms with Gasteiger partial charge in [0.2, 0.25) is 5.91 Å². The van der Waals surface area contributed by atoms with Crippen molar-refractivity contribution in [1.82, 2.24) is 4.90 Å². The van der Waals surface area contributed by atoms with Crippen LogP contribution >= 0.6 is 22.9 Å². The molecule has 1 saturated carbocycles. The summed E-state index contributed by atoms with van der Waals surface area (Å²) in [6, 6.07) is 3.70. The number of halogens is 1. The molecule has 1 fully saturated rings. The average Bonchev–Trinajstić information content (AvgIpc) is 3.03. The summed E-state index contributed by atoms with van der Waals surface area (Å²) >= 11 is 7.29. The van der Waals surface area contributed by atoms with Gasteiger partial charge in [-0.05, 0) is 25.5 Å². The lowest BCUT2D eigenvalue weighted by atomic mass is 10.2. The number of carbonyl (C=O) groups is 2. The van der Waals surface area contributed by atoms with Gasteiger partial charge in [0.1, 0.15) is 0 Å². The Bertz CT molecular complexity index is 474. The predicted molar refractivity (Wildman–Crippen MR) is 69.7 cm³/mol. The van der Waals surface area contributed by atoms with E-state index < -0.39 is 11.9 Å². The third-order valence-electron chi connectivity index (χ3n) is 3.09. The molecule has 2 atom stereocenters. The van der Waals surface area contributed by atoms with Crippen molar-refractivity contribution in [3.63, 3.8) is 0 Å². The zero-order valence-corrected chi connectivity index (χ0v) is 11.5. The summed E-state index contributed by atoms with van der Waals surface area (Å²) in [5, 5.41) is 8.83. The molecule has 0 bridgehead atoms. The van der Waals surface area contributed by atoms with E-state index in [1.54, 1.807) is 11.0 Å². The molecule has 0 aromatic carbocycles. The van der Waals surface area contributed by atoms with E-state index in [1.165, 1.54) is 11.3 Å². The van der Waals surface area contributed by atoms with Gasteiger partial charge >= 0.3 is 5.97 Å². The molecule has 2 unspecified atom stereocenters. The Hall–Kier alpha value is -1.07. The molecule has 0 radical (unpaired) electrons. The fourth-order valence-corrected chi connectivity index (χ4v) is 3.05. The number of rotatable bonds is 5. The molecule has 4 nitrogen and oxygen atoms in total. The third-order valence-corrected chi connectivity index (χ3v) is 4.31. The van der Waals surface area contributed by atoms with Crippen molar-refractivity contribution in [2.45, 2.75) is 19.9 Å². The fourth-order valence-electron chi connectivity index (χ4n) is 1.95. The van der Waals surface area contributed by atoms with Gasteiger partial charge in [-0.25, -0.2) is 0 Å². The highest BCUT2D eigenvalue weighted by Gasteiger charge is 2.49. The summed E-state index contributed by atoms with van der Waals surface area (Å²) in [5.74, 6) is -1.76. The number of hydrogen-bond acceptors (Lipinski definition) is 3. The monoisotopic (exact) mass is 287 g/mol. The number of aliphatic carboxylic acids is 1. The minimum absolute atomic E-state index is 0.0607. The highest BCUT2D eigenvalue weighted by Crippen LogP contribution is 2.40. The predicted octanol–water partition coefficient (Wildman–Crippen LogP) is 2.47. The van der Waals surface area contributed by atoms with Gasteiger partial charge in [-0.1, -0.05) is 11.6 Å². The van der Waals surface area contributed by atoms with E-state index in [1.807, 2.05) is 13.0 Å². The third kappa shape index (κ3) is 2.84. The number of hydrogen-bond donors (Lipinski definition) is 1. The molecule has 1 aromatic rings. The van der Waals surface area contributed by atoms with Gasteiger partial charge in [-0.3, -0.25) is 9.59 Å². The van der Waals surface area contributed by atoms with Crippen LogP contribution in [0.1, 0.15) is 18.2 Å². The van der Waals surface area contributed by atoms with Crippen molar-refractivity contribution in [3.8, 4) is 0 Å². The first kappa shape index (κ1) is 13.4.